The molecule has 1 aromatic heterocycles. The molecule has 0 atom stereocenters. The summed E-state index contributed by atoms with van der Waals surface area (Å²) in [5.74, 6) is 0.704. The topological polar surface area (TPSA) is 13.1 Å². The molecule has 0 N–H and O–H groups in total. The van der Waals surface area contributed by atoms with Gasteiger partial charge in [0.25, 0.3) is 5.69 Å². The summed E-state index contributed by atoms with van der Waals surface area (Å²) in [6, 6.07) is 4.02. The molecule has 0 aromatic carbocycles. The molecule has 15 heavy (non-hydrogen) atoms. The summed E-state index contributed by atoms with van der Waals surface area (Å²) in [5.41, 5.74) is 2.06. The van der Waals surface area contributed by atoms with Gasteiger partial charge in [-0.15, -0.1) is 0 Å². The highest BCUT2D eigenvalue weighted by Crippen LogP contribution is 2.15. The van der Waals surface area contributed by atoms with Crippen molar-refractivity contribution >= 4 is 11.8 Å². The molecule has 0 saturated carbocycles. The molecule has 0 unspecified atom stereocenters. The van der Waals surface area contributed by atoms with Crippen molar-refractivity contribution < 1.29 is 9.30 Å². The molecule has 1 rings (SSSR count). The van der Waals surface area contributed by atoms with Crippen LogP contribution in [0.2, 0.25) is 0 Å². The molecule has 0 aliphatic rings. The zero-order valence-electron chi connectivity index (χ0n) is 9.49. The largest absolute Gasteiger partial charge is 0.488 e. The number of ether oxygens (including phenoxy) is 1. The van der Waals surface area contributed by atoms with Gasteiger partial charge in [0.1, 0.15) is 6.54 Å². The van der Waals surface area contributed by atoms with E-state index in [0.717, 1.165) is 17.8 Å². The average molecular weight is 204 g/mol. The Bertz CT molecular complexity index is 369. The monoisotopic (exact) mass is 204 g/mol. The van der Waals surface area contributed by atoms with E-state index in [1.54, 1.807) is 0 Å². The number of aromatic nitrogens is 1. The second-order valence-electron chi connectivity index (χ2n) is 3.16. The van der Waals surface area contributed by atoms with Gasteiger partial charge in [0.15, 0.2) is 12.0 Å². The fourth-order valence-electron chi connectivity index (χ4n) is 1.56. The predicted molar refractivity (Wildman–Crippen MR) is 63.1 cm³/mol. The van der Waals surface area contributed by atoms with Crippen molar-refractivity contribution in [2.24, 2.45) is 0 Å². The van der Waals surface area contributed by atoms with Gasteiger partial charge < -0.3 is 4.74 Å². The molecule has 0 aliphatic heterocycles. The Morgan fingerprint density at radius 3 is 2.80 bits per heavy atom. The molecule has 80 valence electrons. The molecule has 0 radical (unpaired) electrons. The lowest BCUT2D eigenvalue weighted by molar-refractivity contribution is -0.696. The molecule has 0 amide bonds. The summed E-state index contributed by atoms with van der Waals surface area (Å²) in [7, 11) is 0. The Balaban J connectivity index is 3.21. The van der Waals surface area contributed by atoms with Gasteiger partial charge in [-0.25, -0.2) is 0 Å². The van der Waals surface area contributed by atoms with Gasteiger partial charge >= 0.3 is 0 Å². The van der Waals surface area contributed by atoms with Gasteiger partial charge in [-0.3, -0.25) is 0 Å². The fourth-order valence-corrected chi connectivity index (χ4v) is 1.56. The molecule has 0 fully saturated rings. The minimum atomic E-state index is 0.633. The van der Waals surface area contributed by atoms with E-state index in [1.807, 2.05) is 31.3 Å². The third-order valence-electron chi connectivity index (χ3n) is 2.25. The van der Waals surface area contributed by atoms with E-state index < -0.39 is 0 Å². The average Bonchev–Trinajstić information content (AvgIpc) is 2.28. The molecule has 0 spiro atoms. The van der Waals surface area contributed by atoms with Gasteiger partial charge in [-0.2, -0.15) is 4.57 Å². The van der Waals surface area contributed by atoms with Crippen LogP contribution in [0.3, 0.4) is 0 Å². The van der Waals surface area contributed by atoms with E-state index in [1.165, 1.54) is 0 Å². The fraction of sp³-hybridized carbons (Fsp3) is 0.308. The minimum Gasteiger partial charge on any atom is -0.488 e. The lowest BCUT2D eigenvalue weighted by Crippen LogP contribution is -2.37. The third kappa shape index (κ3) is 2.46. The summed E-state index contributed by atoms with van der Waals surface area (Å²) in [5, 5.41) is 0. The zero-order valence-corrected chi connectivity index (χ0v) is 9.49. The summed E-state index contributed by atoms with van der Waals surface area (Å²) in [4.78, 5) is 0. The second kappa shape index (κ2) is 5.35. The highest BCUT2D eigenvalue weighted by molar-refractivity contribution is 5.63. The summed E-state index contributed by atoms with van der Waals surface area (Å²) < 4.78 is 7.56. The van der Waals surface area contributed by atoms with Crippen LogP contribution in [0.4, 0.5) is 0 Å². The van der Waals surface area contributed by atoms with E-state index in [4.69, 9.17) is 4.74 Å². The van der Waals surface area contributed by atoms with Crippen LogP contribution in [0, 0.1) is 0 Å². The predicted octanol–water partition coefficient (Wildman–Crippen LogP) is 2.64. The Morgan fingerprint density at radius 2 is 2.27 bits per heavy atom. The summed E-state index contributed by atoms with van der Waals surface area (Å²) >= 11 is 0. The number of hydrogen-bond donors (Lipinski definition) is 0. The Morgan fingerprint density at radius 1 is 1.53 bits per heavy atom. The van der Waals surface area contributed by atoms with Gasteiger partial charge in [0.2, 0.25) is 0 Å². The third-order valence-corrected chi connectivity index (χ3v) is 2.25. The van der Waals surface area contributed by atoms with Crippen LogP contribution in [0.25, 0.3) is 11.8 Å². The van der Waals surface area contributed by atoms with Crippen molar-refractivity contribution in [1.82, 2.24) is 0 Å². The molecule has 2 nitrogen and oxygen atoms in total. The van der Waals surface area contributed by atoms with Crippen LogP contribution in [0.1, 0.15) is 25.1 Å². The quantitative estimate of drug-likeness (QED) is 0.531. The van der Waals surface area contributed by atoms with E-state index in [0.29, 0.717) is 12.4 Å². The van der Waals surface area contributed by atoms with Crippen LogP contribution in [0.5, 0.6) is 0 Å². The van der Waals surface area contributed by atoms with Crippen LogP contribution < -0.4 is 4.57 Å². The lowest BCUT2D eigenvalue weighted by atomic mass is 10.1. The second-order valence-corrected chi connectivity index (χ2v) is 3.16. The number of rotatable bonds is 5. The molecule has 1 heterocycles. The Kier molecular flexibility index (Phi) is 4.10. The summed E-state index contributed by atoms with van der Waals surface area (Å²) in [6.07, 6.45) is 3.85. The van der Waals surface area contributed by atoms with Crippen LogP contribution in [-0.4, -0.2) is 6.61 Å². The first-order chi connectivity index (χ1) is 7.24. The molecule has 0 bridgehead atoms. The van der Waals surface area contributed by atoms with Crippen molar-refractivity contribution in [2.75, 3.05) is 6.61 Å². The molecular formula is C13H18NO+. The maximum absolute atomic E-state index is 5.45. The van der Waals surface area contributed by atoms with Crippen LogP contribution >= 0.6 is 0 Å². The van der Waals surface area contributed by atoms with E-state index >= 15 is 0 Å². The number of aryl methyl sites for hydroxylation is 1. The molecule has 0 saturated heterocycles. The van der Waals surface area contributed by atoms with Crippen molar-refractivity contribution in [3.05, 3.63) is 42.7 Å². The lowest BCUT2D eigenvalue weighted by Gasteiger charge is -2.08. The highest BCUT2D eigenvalue weighted by Gasteiger charge is 2.17. The first-order valence-electron chi connectivity index (χ1n) is 5.21. The zero-order chi connectivity index (χ0) is 11.3. The van der Waals surface area contributed by atoms with Crippen molar-refractivity contribution in [1.29, 1.82) is 0 Å². The maximum Gasteiger partial charge on any atom is 0.254 e. The van der Waals surface area contributed by atoms with E-state index in [9.17, 15) is 0 Å². The van der Waals surface area contributed by atoms with Gasteiger partial charge in [-0.1, -0.05) is 12.7 Å². The van der Waals surface area contributed by atoms with E-state index in [2.05, 4.69) is 24.6 Å². The number of nitrogens with zero attached hydrogens (tertiary/aromatic N) is 1. The molecule has 2 heteroatoms. The van der Waals surface area contributed by atoms with E-state index in [-0.39, 0.29) is 0 Å². The van der Waals surface area contributed by atoms with Crippen LogP contribution in [0.15, 0.2) is 31.5 Å². The minimum absolute atomic E-state index is 0.633. The Labute approximate surface area is 91.5 Å². The Hall–Kier alpha value is -1.57. The smallest absolute Gasteiger partial charge is 0.254 e. The van der Waals surface area contributed by atoms with Crippen molar-refractivity contribution in [3.8, 4) is 0 Å². The first kappa shape index (κ1) is 11.5. The number of hydrogen-bond acceptors (Lipinski definition) is 1. The highest BCUT2D eigenvalue weighted by atomic mass is 16.5. The normalized spacial score (nSPS) is 9.73. The summed E-state index contributed by atoms with van der Waals surface area (Å²) in [6.45, 7) is 13.3. The van der Waals surface area contributed by atoms with Gasteiger partial charge in [0, 0.05) is 11.6 Å². The number of pyridine rings is 1. The molecular weight excluding hydrogens is 186 g/mol. The first-order valence-corrected chi connectivity index (χ1v) is 5.21. The maximum atomic E-state index is 5.45. The SMILES string of the molecule is C=Cc1ccc[n+](CC)c1C(=C)OCC. The van der Waals surface area contributed by atoms with Gasteiger partial charge in [0.05, 0.1) is 6.61 Å². The van der Waals surface area contributed by atoms with Gasteiger partial charge in [-0.05, 0) is 26.5 Å². The van der Waals surface area contributed by atoms with Crippen molar-refractivity contribution in [3.63, 3.8) is 0 Å². The molecule has 1 aromatic rings. The van der Waals surface area contributed by atoms with Crippen LogP contribution in [-0.2, 0) is 11.3 Å². The molecule has 0 aliphatic carbocycles. The van der Waals surface area contributed by atoms with Crippen molar-refractivity contribution in [2.45, 2.75) is 20.4 Å². The standard InChI is InChI=1S/C13H18NO/c1-5-12-9-8-10-14(6-2)13(12)11(4)15-7-3/h5,8-10H,1,4,6-7H2,2-3H3/q+1.